The van der Waals surface area contributed by atoms with E-state index in [1.807, 2.05) is 10.8 Å². The fourth-order valence-corrected chi connectivity index (χ4v) is 2.58. The monoisotopic (exact) mass is 365 g/mol. The smallest absolute Gasteiger partial charge is 0.323 e. The molecule has 0 bridgehead atoms. The Hall–Kier alpha value is -3.01. The van der Waals surface area contributed by atoms with E-state index in [-0.39, 0.29) is 5.69 Å². The first-order valence-corrected chi connectivity index (χ1v) is 8.62. The zero-order valence-corrected chi connectivity index (χ0v) is 13.5. The van der Waals surface area contributed by atoms with Crippen molar-refractivity contribution in [3.8, 4) is 11.3 Å². The summed E-state index contributed by atoms with van der Waals surface area (Å²) in [6.45, 7) is 0. The summed E-state index contributed by atoms with van der Waals surface area (Å²) in [5.74, 6) is -2.30. The summed E-state index contributed by atoms with van der Waals surface area (Å²) in [4.78, 5) is 4.12. The average Bonchev–Trinajstić information content (AvgIpc) is 3.04. The quantitative estimate of drug-likeness (QED) is 0.623. The van der Waals surface area contributed by atoms with Crippen LogP contribution in [0.1, 0.15) is 0 Å². The Morgan fingerprint density at radius 3 is 2.44 bits per heavy atom. The van der Waals surface area contributed by atoms with Crippen LogP contribution in [0.4, 0.5) is 26.1 Å². The molecule has 0 aliphatic rings. The number of hydrogen-bond donors (Lipinski definition) is 3. The lowest BCUT2D eigenvalue weighted by Gasteiger charge is -2.07. The summed E-state index contributed by atoms with van der Waals surface area (Å²) >= 11 is 0. The molecule has 0 saturated carbocycles. The maximum absolute atomic E-state index is 12.3. The number of halogens is 2. The molecule has 3 rings (SSSR count). The summed E-state index contributed by atoms with van der Waals surface area (Å²) in [5.41, 5.74) is 1.43. The predicted octanol–water partition coefficient (Wildman–Crippen LogP) is 3.18. The van der Waals surface area contributed by atoms with Crippen molar-refractivity contribution >= 4 is 27.3 Å². The number of aromatic amines is 1. The first-order valence-electron chi connectivity index (χ1n) is 7.08. The predicted molar refractivity (Wildman–Crippen MR) is 90.1 cm³/mol. The number of nitrogens with one attached hydrogen (secondary N) is 3. The van der Waals surface area contributed by atoms with E-state index in [1.165, 1.54) is 12.1 Å². The van der Waals surface area contributed by atoms with Crippen LogP contribution in [0.3, 0.4) is 0 Å². The highest BCUT2D eigenvalue weighted by molar-refractivity contribution is 7.93. The second-order valence-electron chi connectivity index (χ2n) is 4.99. The molecule has 1 aromatic carbocycles. The molecule has 3 N–H and O–H groups in total. The van der Waals surface area contributed by atoms with Crippen LogP contribution in [0.15, 0.2) is 54.7 Å². The summed E-state index contributed by atoms with van der Waals surface area (Å²) in [5, 5.41) is 9.96. The second-order valence-corrected chi connectivity index (χ2v) is 6.64. The Bertz CT molecular complexity index is 944. The largest absolute Gasteiger partial charge is 0.355 e. The standard InChI is InChI=1S/C15H13F2N5O2S/c16-15(17)25(23,24)22-11-6-4-10(5-7-11)12-9-14(21-20-12)19-13-3-1-2-8-18-13/h1-9,15,22H,(H2,18,19,20,21). The molecule has 25 heavy (non-hydrogen) atoms. The Morgan fingerprint density at radius 1 is 1.04 bits per heavy atom. The number of rotatable bonds is 6. The number of anilines is 3. The molecule has 3 aromatic rings. The van der Waals surface area contributed by atoms with E-state index in [4.69, 9.17) is 0 Å². The lowest BCUT2D eigenvalue weighted by Crippen LogP contribution is -2.20. The van der Waals surface area contributed by atoms with Crippen LogP contribution in [-0.4, -0.2) is 29.4 Å². The third-order valence-corrected chi connectivity index (χ3v) is 4.18. The Morgan fingerprint density at radius 2 is 1.80 bits per heavy atom. The molecule has 130 valence electrons. The van der Waals surface area contributed by atoms with Gasteiger partial charge in [0.1, 0.15) is 5.82 Å². The van der Waals surface area contributed by atoms with Gasteiger partial charge in [-0.15, -0.1) is 0 Å². The molecule has 0 spiro atoms. The third kappa shape index (κ3) is 4.10. The molecule has 0 atom stereocenters. The number of H-pyrrole nitrogens is 1. The van der Waals surface area contributed by atoms with Crippen molar-refractivity contribution in [3.63, 3.8) is 0 Å². The van der Waals surface area contributed by atoms with Crippen LogP contribution >= 0.6 is 0 Å². The minimum atomic E-state index is -4.68. The summed E-state index contributed by atoms with van der Waals surface area (Å²) in [6, 6.07) is 13.1. The Labute approximate surface area is 142 Å². The van der Waals surface area contributed by atoms with Crippen molar-refractivity contribution in [2.45, 2.75) is 5.76 Å². The molecule has 0 aliphatic carbocycles. The first kappa shape index (κ1) is 16.8. The zero-order valence-electron chi connectivity index (χ0n) is 12.6. The minimum Gasteiger partial charge on any atom is -0.323 e. The van der Waals surface area contributed by atoms with Gasteiger partial charge >= 0.3 is 5.76 Å². The van der Waals surface area contributed by atoms with Crippen LogP contribution < -0.4 is 10.0 Å². The van der Waals surface area contributed by atoms with Gasteiger partial charge in [-0.2, -0.15) is 13.9 Å². The number of sulfonamides is 1. The molecule has 0 amide bonds. The SMILES string of the molecule is O=S(=O)(Nc1ccc(-c2cc(Nc3ccccn3)n[nH]2)cc1)C(F)F. The Kier molecular flexibility index (Phi) is 4.61. The van der Waals surface area contributed by atoms with E-state index in [0.717, 1.165) is 0 Å². The molecule has 0 fully saturated rings. The lowest BCUT2D eigenvalue weighted by molar-refractivity contribution is 0.236. The second kappa shape index (κ2) is 6.85. The van der Waals surface area contributed by atoms with Crippen molar-refractivity contribution in [2.75, 3.05) is 10.0 Å². The van der Waals surface area contributed by atoms with Crippen LogP contribution in [-0.2, 0) is 10.0 Å². The zero-order chi connectivity index (χ0) is 17.9. The molecular formula is C15H13F2N5O2S. The van der Waals surface area contributed by atoms with Gasteiger partial charge in [-0.1, -0.05) is 18.2 Å². The molecule has 7 nitrogen and oxygen atoms in total. The van der Waals surface area contributed by atoms with E-state index in [1.54, 1.807) is 36.5 Å². The lowest BCUT2D eigenvalue weighted by atomic mass is 10.1. The van der Waals surface area contributed by atoms with Crippen molar-refractivity contribution in [2.24, 2.45) is 0 Å². The highest BCUT2D eigenvalue weighted by atomic mass is 32.2. The fourth-order valence-electron chi connectivity index (χ4n) is 2.03. The third-order valence-electron chi connectivity index (χ3n) is 3.19. The minimum absolute atomic E-state index is 0.0513. The van der Waals surface area contributed by atoms with E-state index in [9.17, 15) is 17.2 Å². The number of nitrogens with zero attached hydrogens (tertiary/aromatic N) is 2. The van der Waals surface area contributed by atoms with Crippen LogP contribution in [0, 0.1) is 0 Å². The van der Waals surface area contributed by atoms with Gasteiger partial charge < -0.3 is 5.32 Å². The van der Waals surface area contributed by atoms with Gasteiger partial charge in [0.15, 0.2) is 5.82 Å². The summed E-state index contributed by atoms with van der Waals surface area (Å²) in [7, 11) is -4.68. The fraction of sp³-hybridized carbons (Fsp3) is 0.0667. The van der Waals surface area contributed by atoms with E-state index < -0.39 is 15.8 Å². The topological polar surface area (TPSA) is 99.8 Å². The van der Waals surface area contributed by atoms with Gasteiger partial charge in [0.25, 0.3) is 10.0 Å². The molecule has 0 radical (unpaired) electrons. The number of pyridine rings is 1. The summed E-state index contributed by atoms with van der Waals surface area (Å²) < 4.78 is 48.8. The first-order chi connectivity index (χ1) is 11.9. The van der Waals surface area contributed by atoms with E-state index in [0.29, 0.717) is 22.9 Å². The van der Waals surface area contributed by atoms with Gasteiger partial charge in [-0.05, 0) is 29.8 Å². The number of benzene rings is 1. The maximum atomic E-state index is 12.3. The average molecular weight is 365 g/mol. The molecular weight excluding hydrogens is 352 g/mol. The van der Waals surface area contributed by atoms with Gasteiger partial charge in [0.05, 0.1) is 5.69 Å². The summed E-state index contributed by atoms with van der Waals surface area (Å²) in [6.07, 6.45) is 1.65. The highest BCUT2D eigenvalue weighted by Crippen LogP contribution is 2.23. The molecule has 0 aliphatic heterocycles. The van der Waals surface area contributed by atoms with Crippen molar-refractivity contribution in [1.29, 1.82) is 0 Å². The van der Waals surface area contributed by atoms with Crippen LogP contribution in [0.5, 0.6) is 0 Å². The molecule has 0 unspecified atom stereocenters. The van der Waals surface area contributed by atoms with Crippen LogP contribution in [0.2, 0.25) is 0 Å². The van der Waals surface area contributed by atoms with Crippen LogP contribution in [0.25, 0.3) is 11.3 Å². The highest BCUT2D eigenvalue weighted by Gasteiger charge is 2.23. The molecule has 2 heterocycles. The Balaban J connectivity index is 1.73. The molecule has 0 saturated heterocycles. The van der Waals surface area contributed by atoms with E-state index >= 15 is 0 Å². The van der Waals surface area contributed by atoms with Gasteiger partial charge in [-0.3, -0.25) is 9.82 Å². The van der Waals surface area contributed by atoms with Gasteiger partial charge in [-0.25, -0.2) is 13.4 Å². The van der Waals surface area contributed by atoms with Crippen molar-refractivity contribution in [1.82, 2.24) is 15.2 Å². The van der Waals surface area contributed by atoms with Crippen molar-refractivity contribution in [3.05, 3.63) is 54.7 Å². The number of alkyl halides is 2. The molecule has 2 aromatic heterocycles. The normalized spacial score (nSPS) is 11.5. The number of hydrogen-bond acceptors (Lipinski definition) is 5. The number of aromatic nitrogens is 3. The van der Waals surface area contributed by atoms with Gasteiger partial charge in [0, 0.05) is 18.0 Å². The van der Waals surface area contributed by atoms with Crippen molar-refractivity contribution < 1.29 is 17.2 Å². The molecule has 10 heteroatoms. The van der Waals surface area contributed by atoms with Gasteiger partial charge in [0.2, 0.25) is 0 Å². The maximum Gasteiger partial charge on any atom is 0.355 e. The van der Waals surface area contributed by atoms with E-state index in [2.05, 4.69) is 20.5 Å².